The molecule has 2 heterocycles. The normalized spacial score (nSPS) is 15.4. The van der Waals surface area contributed by atoms with E-state index in [9.17, 15) is 14.4 Å². The van der Waals surface area contributed by atoms with Gasteiger partial charge >= 0.3 is 0 Å². The second-order valence-electron chi connectivity index (χ2n) is 8.92. The van der Waals surface area contributed by atoms with Crippen molar-refractivity contribution in [2.45, 2.75) is 19.0 Å². The lowest BCUT2D eigenvalue weighted by atomic mass is 10.1. The first-order chi connectivity index (χ1) is 19.5. The maximum atomic E-state index is 13.5. The molecule has 3 amide bonds. The summed E-state index contributed by atoms with van der Waals surface area (Å²) in [5.74, 6) is 0.763. The largest absolute Gasteiger partial charge is 0.497 e. The number of amidine groups is 2. The van der Waals surface area contributed by atoms with Gasteiger partial charge in [-0.05, 0) is 42.0 Å². The molecule has 0 bridgehead atoms. The number of aliphatic imine (C=N–C) groups is 2. The summed E-state index contributed by atoms with van der Waals surface area (Å²) in [6.07, 6.45) is -0.108. The summed E-state index contributed by atoms with van der Waals surface area (Å²) in [6, 6.07) is 20.9. The predicted octanol–water partition coefficient (Wildman–Crippen LogP) is 3.74. The number of hydrogen-bond donors (Lipinski definition) is 2. The molecule has 0 radical (unpaired) electrons. The van der Waals surface area contributed by atoms with Crippen LogP contribution in [0.1, 0.15) is 17.5 Å². The second-order valence-corrected chi connectivity index (χ2v) is 9.86. The van der Waals surface area contributed by atoms with Crippen molar-refractivity contribution in [2.75, 3.05) is 25.3 Å². The van der Waals surface area contributed by atoms with Crippen LogP contribution in [-0.2, 0) is 20.9 Å². The van der Waals surface area contributed by atoms with Gasteiger partial charge in [-0.25, -0.2) is 9.89 Å². The van der Waals surface area contributed by atoms with E-state index < -0.39 is 6.04 Å². The number of nitrogens with zero attached hydrogens (tertiary/aromatic N) is 3. The van der Waals surface area contributed by atoms with Crippen molar-refractivity contribution in [3.8, 4) is 11.5 Å². The van der Waals surface area contributed by atoms with Crippen molar-refractivity contribution in [1.29, 1.82) is 0 Å². The third-order valence-electron chi connectivity index (χ3n) is 6.29. The molecule has 2 N–H and O–H groups in total. The van der Waals surface area contributed by atoms with Crippen LogP contribution in [0.5, 0.6) is 11.5 Å². The Kier molecular flexibility index (Phi) is 8.11. The van der Waals surface area contributed by atoms with Gasteiger partial charge < -0.3 is 20.1 Å². The molecule has 204 valence electrons. The zero-order valence-electron chi connectivity index (χ0n) is 21.9. The minimum Gasteiger partial charge on any atom is -0.497 e. The van der Waals surface area contributed by atoms with Crippen LogP contribution in [0.4, 0.5) is 11.4 Å². The Morgan fingerprint density at radius 1 is 0.950 bits per heavy atom. The van der Waals surface area contributed by atoms with Crippen LogP contribution >= 0.6 is 11.8 Å². The highest BCUT2D eigenvalue weighted by molar-refractivity contribution is 8.14. The molecular formula is C29H27N5O5S. The lowest BCUT2D eigenvalue weighted by molar-refractivity contribution is -0.128. The van der Waals surface area contributed by atoms with Gasteiger partial charge in [0.2, 0.25) is 11.8 Å². The van der Waals surface area contributed by atoms with Gasteiger partial charge in [0, 0.05) is 12.1 Å². The minimum atomic E-state index is -0.898. The van der Waals surface area contributed by atoms with E-state index in [1.807, 2.05) is 54.6 Å². The fourth-order valence-electron chi connectivity index (χ4n) is 4.29. The molecule has 2 aliphatic heterocycles. The van der Waals surface area contributed by atoms with Crippen LogP contribution in [0.2, 0.25) is 0 Å². The molecule has 5 rings (SSSR count). The number of hydrogen-bond acceptors (Lipinski definition) is 8. The summed E-state index contributed by atoms with van der Waals surface area (Å²) in [7, 11) is 3.12. The molecule has 10 nitrogen and oxygen atoms in total. The SMILES string of the molecule is COc1ccc(CNC(=O)C[C@@H]2N=C3c4ccccc4N=C(SCC(=O)Nc4ccccc4OC)N3C2=O)cc1. The highest BCUT2D eigenvalue weighted by Gasteiger charge is 2.42. The molecule has 40 heavy (non-hydrogen) atoms. The van der Waals surface area contributed by atoms with Gasteiger partial charge in [-0.2, -0.15) is 0 Å². The average molecular weight is 558 g/mol. The molecule has 0 unspecified atom stereocenters. The van der Waals surface area contributed by atoms with Gasteiger partial charge in [-0.3, -0.25) is 19.4 Å². The number of thioether (sulfide) groups is 1. The Hall–Kier alpha value is -4.64. The first kappa shape index (κ1) is 26.9. The minimum absolute atomic E-state index is 0.00310. The zero-order chi connectivity index (χ0) is 28.1. The van der Waals surface area contributed by atoms with Crippen molar-refractivity contribution >= 4 is 51.9 Å². The van der Waals surface area contributed by atoms with Crippen LogP contribution in [0.25, 0.3) is 0 Å². The van der Waals surface area contributed by atoms with Crippen molar-refractivity contribution in [1.82, 2.24) is 10.2 Å². The quantitative estimate of drug-likeness (QED) is 0.414. The van der Waals surface area contributed by atoms with Gasteiger partial charge in [0.05, 0.1) is 37.8 Å². The van der Waals surface area contributed by atoms with Gasteiger partial charge in [0.1, 0.15) is 23.4 Å². The number of ether oxygens (including phenoxy) is 2. The number of methoxy groups -OCH3 is 2. The van der Waals surface area contributed by atoms with Crippen molar-refractivity contribution in [3.05, 3.63) is 83.9 Å². The molecule has 0 aliphatic carbocycles. The Morgan fingerprint density at radius 2 is 1.70 bits per heavy atom. The molecule has 2 aliphatic rings. The van der Waals surface area contributed by atoms with E-state index in [0.29, 0.717) is 40.2 Å². The van der Waals surface area contributed by atoms with Crippen LogP contribution in [0.3, 0.4) is 0 Å². The number of rotatable bonds is 9. The Morgan fingerprint density at radius 3 is 2.48 bits per heavy atom. The fourth-order valence-corrected chi connectivity index (χ4v) is 5.09. The number of fused-ring (bicyclic) bond motifs is 3. The maximum absolute atomic E-state index is 13.5. The Balaban J connectivity index is 1.26. The van der Waals surface area contributed by atoms with E-state index in [1.165, 1.54) is 12.0 Å². The van der Waals surface area contributed by atoms with E-state index in [4.69, 9.17) is 9.47 Å². The van der Waals surface area contributed by atoms with Crippen molar-refractivity contribution in [2.24, 2.45) is 9.98 Å². The Labute approximate surface area is 235 Å². The molecule has 0 aromatic heterocycles. The monoisotopic (exact) mass is 557 g/mol. The molecule has 11 heteroatoms. The molecule has 0 saturated heterocycles. The van der Waals surface area contributed by atoms with E-state index >= 15 is 0 Å². The summed E-state index contributed by atoms with van der Waals surface area (Å²) in [5, 5.41) is 6.01. The van der Waals surface area contributed by atoms with Crippen molar-refractivity contribution in [3.63, 3.8) is 0 Å². The van der Waals surface area contributed by atoms with Crippen molar-refractivity contribution < 1.29 is 23.9 Å². The fraction of sp³-hybridized carbons (Fsp3) is 0.207. The topological polar surface area (TPSA) is 122 Å². The molecule has 3 aromatic carbocycles. The number of carbonyl (C=O) groups excluding carboxylic acids is 3. The number of anilines is 1. The third kappa shape index (κ3) is 5.84. The van der Waals surface area contributed by atoms with E-state index in [1.54, 1.807) is 25.3 Å². The number of amides is 3. The first-order valence-corrected chi connectivity index (χ1v) is 13.5. The lowest BCUT2D eigenvalue weighted by Crippen LogP contribution is -2.42. The first-order valence-electron chi connectivity index (χ1n) is 12.5. The third-order valence-corrected chi connectivity index (χ3v) is 7.23. The molecule has 3 aromatic rings. The Bertz CT molecular complexity index is 1500. The highest BCUT2D eigenvalue weighted by atomic mass is 32.2. The van der Waals surface area contributed by atoms with Gasteiger partial charge in [-0.15, -0.1) is 0 Å². The van der Waals surface area contributed by atoms with Crippen LogP contribution in [0, 0.1) is 0 Å². The van der Waals surface area contributed by atoms with Crippen LogP contribution in [-0.4, -0.2) is 59.6 Å². The summed E-state index contributed by atoms with van der Waals surface area (Å²) in [4.78, 5) is 49.6. The molecule has 1 atom stereocenters. The van der Waals surface area contributed by atoms with E-state index in [-0.39, 0.29) is 29.9 Å². The highest BCUT2D eigenvalue weighted by Crippen LogP contribution is 2.34. The molecule has 0 fully saturated rings. The van der Waals surface area contributed by atoms with E-state index in [2.05, 4.69) is 20.6 Å². The summed E-state index contributed by atoms with van der Waals surface area (Å²) in [6.45, 7) is 0.316. The molecular weight excluding hydrogens is 530 g/mol. The molecule has 0 spiro atoms. The second kappa shape index (κ2) is 12.0. The number of nitrogens with one attached hydrogen (secondary N) is 2. The van der Waals surface area contributed by atoms with Gasteiger partial charge in [0.25, 0.3) is 5.91 Å². The number of carbonyl (C=O) groups is 3. The number of benzene rings is 3. The lowest BCUT2D eigenvalue weighted by Gasteiger charge is -2.25. The van der Waals surface area contributed by atoms with Crippen LogP contribution in [0.15, 0.2) is 82.8 Å². The average Bonchev–Trinajstić information content (AvgIpc) is 3.31. The van der Waals surface area contributed by atoms with Gasteiger partial charge in [0.15, 0.2) is 5.17 Å². The van der Waals surface area contributed by atoms with Gasteiger partial charge in [-0.1, -0.05) is 48.2 Å². The smallest absolute Gasteiger partial charge is 0.259 e. The summed E-state index contributed by atoms with van der Waals surface area (Å²) >= 11 is 1.12. The summed E-state index contributed by atoms with van der Waals surface area (Å²) < 4.78 is 10.5. The summed E-state index contributed by atoms with van der Waals surface area (Å²) in [5.41, 5.74) is 2.79. The standard InChI is InChI=1S/C29H27N5O5S/c1-38-19-13-11-18(12-14-19)16-30-25(35)15-23-28(37)34-27(32-23)20-7-3-4-8-21(20)33-29(34)40-17-26(36)31-22-9-5-6-10-24(22)39-2/h3-14,23H,15-17H2,1-2H3,(H,30,35)(H,31,36)/t23-/m0/s1. The predicted molar refractivity (Wildman–Crippen MR) is 154 cm³/mol. The zero-order valence-corrected chi connectivity index (χ0v) is 22.7. The maximum Gasteiger partial charge on any atom is 0.259 e. The van der Waals surface area contributed by atoms with E-state index in [0.717, 1.165) is 23.1 Å². The number of para-hydroxylation sites is 3. The molecule has 0 saturated carbocycles. The van der Waals surface area contributed by atoms with Crippen LogP contribution < -0.4 is 20.1 Å².